The molecule has 0 radical (unpaired) electrons. The van der Waals surface area contributed by atoms with E-state index in [4.69, 9.17) is 35.8 Å². The van der Waals surface area contributed by atoms with Gasteiger partial charge in [-0.3, -0.25) is 9.88 Å². The number of halogens is 2. The van der Waals surface area contributed by atoms with Gasteiger partial charge in [0.1, 0.15) is 29.6 Å². The van der Waals surface area contributed by atoms with Crippen molar-refractivity contribution in [2.45, 2.75) is 50.3 Å². The Kier molecular flexibility index (Phi) is 11.8. The molecule has 15 heteroatoms. The number of hydrogen-bond donors (Lipinski definition) is 3. The van der Waals surface area contributed by atoms with Crippen molar-refractivity contribution in [1.82, 2.24) is 30.1 Å². The van der Waals surface area contributed by atoms with Crippen LogP contribution in [-0.2, 0) is 23.9 Å². The summed E-state index contributed by atoms with van der Waals surface area (Å²) in [6.07, 6.45) is 7.66. The first kappa shape index (κ1) is 41.7. The molecule has 0 bridgehead atoms. The summed E-state index contributed by atoms with van der Waals surface area (Å²) in [6, 6.07) is 24.5. The highest BCUT2D eigenvalue weighted by molar-refractivity contribution is 7.93. The van der Waals surface area contributed by atoms with Gasteiger partial charge < -0.3 is 24.1 Å². The van der Waals surface area contributed by atoms with Gasteiger partial charge in [-0.25, -0.2) is 23.6 Å². The summed E-state index contributed by atoms with van der Waals surface area (Å²) in [5, 5.41) is 9.39. The fraction of sp³-hybridized carbons (Fsp3) is 0.319. The van der Waals surface area contributed by atoms with Crippen LogP contribution in [0, 0.1) is 10.6 Å². The van der Waals surface area contributed by atoms with Crippen LogP contribution < -0.4 is 9.64 Å². The summed E-state index contributed by atoms with van der Waals surface area (Å²) < 4.78 is 55.8. The van der Waals surface area contributed by atoms with E-state index < -0.39 is 14.5 Å². The number of morpholine rings is 1. The zero-order valence-corrected chi connectivity index (χ0v) is 36.2. The number of nitrogens with zero attached hydrogens (tertiary/aromatic N) is 5. The average Bonchev–Trinajstić information content (AvgIpc) is 3.74. The Hall–Kier alpha value is -5.67. The third kappa shape index (κ3) is 8.31. The van der Waals surface area contributed by atoms with E-state index in [1.54, 1.807) is 24.5 Å². The Morgan fingerprint density at radius 2 is 1.87 bits per heavy atom. The van der Waals surface area contributed by atoms with E-state index in [9.17, 15) is 8.99 Å². The number of hydrogen-bond acceptors (Lipinski definition) is 10. The van der Waals surface area contributed by atoms with Crippen molar-refractivity contribution in [2.75, 3.05) is 50.2 Å². The molecule has 3 aromatic carbocycles. The number of allylic oxidation sites excluding steroid dienone is 1. The molecule has 1 saturated heterocycles. The summed E-state index contributed by atoms with van der Waals surface area (Å²) in [5.41, 5.74) is 7.26. The van der Waals surface area contributed by atoms with Gasteiger partial charge in [0, 0.05) is 64.3 Å². The van der Waals surface area contributed by atoms with E-state index in [1.807, 2.05) is 67.7 Å². The summed E-state index contributed by atoms with van der Waals surface area (Å²) in [5.74, 6) is 1.77. The van der Waals surface area contributed by atoms with Gasteiger partial charge >= 0.3 is 0 Å². The standard InChI is InChI=1S/C47H48ClFN8O4S/c1-3-36(37-11-8-34(48)26-40(37)49)44(32-7-12-41-33(25-32)28-53-56-41)31-5-9-35(10-6-31)61-23-22-59-20-4-24-62(50,58)47(15-16-47)42-27-43(57-19-21-60-29-30(57)2)55-46(54-42)39-14-18-52-45-38(39)13-17-51-45/h5-14,17-18,25-28,30,50H,3-4,15-16,19-24,29H2,1-2H3,(H,51,52)(H,53,56)/b44-36+/t30-,62?/m1/s1. The van der Waals surface area contributed by atoms with E-state index >= 15 is 4.39 Å². The molecule has 5 heterocycles. The van der Waals surface area contributed by atoms with E-state index in [-0.39, 0.29) is 17.6 Å². The zero-order chi connectivity index (χ0) is 42.8. The molecule has 320 valence electrons. The predicted octanol–water partition coefficient (Wildman–Crippen LogP) is 9.80. The maximum atomic E-state index is 15.4. The van der Waals surface area contributed by atoms with Gasteiger partial charge in [0.25, 0.3) is 0 Å². The number of aromatic nitrogens is 6. The van der Waals surface area contributed by atoms with Crippen LogP contribution >= 0.6 is 11.6 Å². The lowest BCUT2D eigenvalue weighted by atomic mass is 9.87. The zero-order valence-electron chi connectivity index (χ0n) is 34.6. The Balaban J connectivity index is 0.845. The Bertz CT molecular complexity index is 2880. The Morgan fingerprint density at radius 3 is 2.66 bits per heavy atom. The van der Waals surface area contributed by atoms with Crippen LogP contribution in [0.5, 0.6) is 5.75 Å². The average molecular weight is 875 g/mol. The lowest BCUT2D eigenvalue weighted by molar-refractivity contribution is 0.0985. The molecule has 7 aromatic rings. The molecule has 1 saturated carbocycles. The lowest BCUT2D eigenvalue weighted by Crippen LogP contribution is -2.44. The number of aromatic amines is 2. The lowest BCUT2D eigenvalue weighted by Gasteiger charge is -2.35. The summed E-state index contributed by atoms with van der Waals surface area (Å²) in [4.78, 5) is 19.9. The van der Waals surface area contributed by atoms with Crippen LogP contribution in [-0.4, -0.2) is 85.7 Å². The van der Waals surface area contributed by atoms with Crippen molar-refractivity contribution >= 4 is 60.2 Å². The van der Waals surface area contributed by atoms with E-state index in [0.717, 1.165) is 55.6 Å². The first-order chi connectivity index (χ1) is 30.1. The molecule has 62 heavy (non-hydrogen) atoms. The van der Waals surface area contributed by atoms with E-state index in [0.29, 0.717) is 93.1 Å². The van der Waals surface area contributed by atoms with Crippen LogP contribution in [0.2, 0.25) is 5.02 Å². The minimum Gasteiger partial charge on any atom is -0.491 e. The van der Waals surface area contributed by atoms with Crippen LogP contribution in [0.15, 0.2) is 97.5 Å². The second-order valence-corrected chi connectivity index (χ2v) is 18.8. The van der Waals surface area contributed by atoms with Gasteiger partial charge in [-0.05, 0) is 103 Å². The maximum absolute atomic E-state index is 15.4. The molecular formula is C47H48ClFN8O4S. The Morgan fingerprint density at radius 1 is 1.03 bits per heavy atom. The molecule has 3 N–H and O–H groups in total. The molecule has 0 spiro atoms. The van der Waals surface area contributed by atoms with Gasteiger partial charge in [-0.15, -0.1) is 0 Å². The Labute approximate surface area is 364 Å². The summed E-state index contributed by atoms with van der Waals surface area (Å²) in [6.45, 7) is 6.96. The molecular weight excluding hydrogens is 827 g/mol. The van der Waals surface area contributed by atoms with E-state index in [1.165, 1.54) is 6.07 Å². The van der Waals surface area contributed by atoms with Gasteiger partial charge in [0.15, 0.2) is 5.82 Å². The van der Waals surface area contributed by atoms with Gasteiger partial charge in [0.2, 0.25) is 0 Å². The third-order valence-electron chi connectivity index (χ3n) is 11.9. The van der Waals surface area contributed by atoms with Crippen molar-refractivity contribution in [2.24, 2.45) is 0 Å². The number of ether oxygens (including phenoxy) is 3. The SMILES string of the molecule is CC/C(=C(/c1ccc(OCCOCCCS(=N)(=O)C2(c3cc(N4CCOC[C@H]4C)nc(-c4ccnc5[nH]ccc45)n3)CC2)cc1)c1ccc2[nH]ncc2c1)c1ccc(Cl)cc1F. The topological polar surface area (TPSA) is 155 Å². The van der Waals surface area contributed by atoms with Crippen LogP contribution in [0.4, 0.5) is 10.2 Å². The maximum Gasteiger partial charge on any atom is 0.162 e. The third-order valence-corrected chi connectivity index (χ3v) is 14.9. The van der Waals surface area contributed by atoms with Crippen molar-refractivity contribution in [3.05, 3.63) is 131 Å². The number of nitrogens with one attached hydrogen (secondary N) is 3. The largest absolute Gasteiger partial charge is 0.491 e. The van der Waals surface area contributed by atoms with Crippen LogP contribution in [0.3, 0.4) is 0 Å². The molecule has 1 aliphatic heterocycles. The fourth-order valence-electron chi connectivity index (χ4n) is 8.47. The molecule has 4 aromatic heterocycles. The quantitative estimate of drug-likeness (QED) is 0.0636. The van der Waals surface area contributed by atoms with Crippen molar-refractivity contribution < 1.29 is 22.8 Å². The van der Waals surface area contributed by atoms with Crippen LogP contribution in [0.25, 0.3) is 44.5 Å². The molecule has 2 atom stereocenters. The smallest absolute Gasteiger partial charge is 0.162 e. The minimum absolute atomic E-state index is 0.103. The minimum atomic E-state index is -3.10. The number of benzene rings is 3. The highest BCUT2D eigenvalue weighted by Gasteiger charge is 2.54. The van der Waals surface area contributed by atoms with E-state index in [2.05, 4.69) is 38.1 Å². The molecule has 0 amide bonds. The van der Waals surface area contributed by atoms with Crippen molar-refractivity contribution in [3.8, 4) is 17.1 Å². The molecule has 9 rings (SSSR count). The van der Waals surface area contributed by atoms with Crippen molar-refractivity contribution in [1.29, 1.82) is 4.78 Å². The number of fused-ring (bicyclic) bond motifs is 2. The molecule has 12 nitrogen and oxygen atoms in total. The molecule has 2 aliphatic rings. The normalized spacial score (nSPS) is 17.5. The summed E-state index contributed by atoms with van der Waals surface area (Å²) >= 11 is 6.12. The van der Waals surface area contributed by atoms with Crippen molar-refractivity contribution in [3.63, 3.8) is 0 Å². The second-order valence-electron chi connectivity index (χ2n) is 15.9. The first-order valence-corrected chi connectivity index (χ1v) is 23.1. The van der Waals surface area contributed by atoms with Gasteiger partial charge in [-0.1, -0.05) is 42.8 Å². The van der Waals surface area contributed by atoms with Crippen LogP contribution in [0.1, 0.15) is 61.9 Å². The molecule has 1 aliphatic carbocycles. The second kappa shape index (κ2) is 17.6. The highest BCUT2D eigenvalue weighted by atomic mass is 35.5. The fourth-order valence-corrected chi connectivity index (χ4v) is 10.8. The number of pyridine rings is 1. The highest BCUT2D eigenvalue weighted by Crippen LogP contribution is 2.54. The molecule has 2 fully saturated rings. The molecule has 1 unspecified atom stereocenters. The number of H-pyrrole nitrogens is 2. The number of rotatable bonds is 16. The first-order valence-electron chi connectivity index (χ1n) is 21.0. The van der Waals surface area contributed by atoms with Gasteiger partial charge in [0.05, 0.1) is 57.7 Å². The van der Waals surface area contributed by atoms with Gasteiger partial charge in [-0.2, -0.15) is 5.10 Å². The predicted molar refractivity (Wildman–Crippen MR) is 242 cm³/mol. The monoisotopic (exact) mass is 874 g/mol. The summed E-state index contributed by atoms with van der Waals surface area (Å²) in [7, 11) is -3.10. The number of anilines is 1.